The second-order valence-corrected chi connectivity index (χ2v) is 6.30. The number of hydrogen-bond acceptors (Lipinski definition) is 6. The van der Waals surface area contributed by atoms with Gasteiger partial charge in [-0.05, 0) is 42.0 Å². The smallest absolute Gasteiger partial charge is 0.373 e. The summed E-state index contributed by atoms with van der Waals surface area (Å²) in [6, 6.07) is 22.7. The summed E-state index contributed by atoms with van der Waals surface area (Å²) in [5.74, 6) is 0.568. The van der Waals surface area contributed by atoms with Gasteiger partial charge in [-0.15, -0.1) is 0 Å². The van der Waals surface area contributed by atoms with Crippen molar-refractivity contribution in [2.45, 2.75) is 6.92 Å². The lowest BCUT2D eigenvalue weighted by atomic mass is 10.1. The van der Waals surface area contributed by atoms with E-state index in [1.807, 2.05) is 73.7 Å². The van der Waals surface area contributed by atoms with Crippen LogP contribution in [0.4, 0.5) is 17.2 Å². The molecule has 4 aromatic rings. The molecule has 0 aliphatic rings. The standard InChI is InChI=1S/C22H18N4O3/c1-2-25(18-10-4-3-5-11-18)21-20(26(27)28)22(24-15-23-21)29-19-13-12-16-8-6-7-9-17(16)14-19/h3-15H,2H2,1H3. The minimum Gasteiger partial charge on any atom is -0.434 e. The van der Waals surface area contributed by atoms with Crippen LogP contribution in [0, 0.1) is 10.1 Å². The molecule has 29 heavy (non-hydrogen) atoms. The molecular formula is C22H18N4O3. The highest BCUT2D eigenvalue weighted by atomic mass is 16.6. The van der Waals surface area contributed by atoms with E-state index in [0.717, 1.165) is 16.5 Å². The number of benzene rings is 3. The Labute approximate surface area is 167 Å². The summed E-state index contributed by atoms with van der Waals surface area (Å²) in [5.41, 5.74) is 0.528. The average Bonchev–Trinajstić information content (AvgIpc) is 2.75. The summed E-state index contributed by atoms with van der Waals surface area (Å²) in [6.07, 6.45) is 1.28. The second kappa shape index (κ2) is 7.93. The molecule has 0 amide bonds. The number of fused-ring (bicyclic) bond motifs is 1. The Hall–Kier alpha value is -4.00. The summed E-state index contributed by atoms with van der Waals surface area (Å²) in [5, 5.41) is 13.9. The SMILES string of the molecule is CCN(c1ccccc1)c1ncnc(Oc2ccc3ccccc3c2)c1[N+](=O)[O-]. The number of nitro groups is 1. The topological polar surface area (TPSA) is 81.4 Å². The van der Waals surface area contributed by atoms with Crippen molar-refractivity contribution in [3.8, 4) is 11.6 Å². The van der Waals surface area contributed by atoms with E-state index in [0.29, 0.717) is 12.3 Å². The zero-order valence-corrected chi connectivity index (χ0v) is 15.7. The molecule has 0 aliphatic carbocycles. The quantitative estimate of drug-likeness (QED) is 0.322. The second-order valence-electron chi connectivity index (χ2n) is 6.30. The molecule has 1 aromatic heterocycles. The van der Waals surface area contributed by atoms with E-state index in [-0.39, 0.29) is 17.4 Å². The molecule has 7 heteroatoms. The van der Waals surface area contributed by atoms with Gasteiger partial charge >= 0.3 is 11.6 Å². The summed E-state index contributed by atoms with van der Waals surface area (Å²) in [7, 11) is 0. The lowest BCUT2D eigenvalue weighted by Gasteiger charge is -2.22. The van der Waals surface area contributed by atoms with Crippen LogP contribution in [0.1, 0.15) is 6.92 Å². The van der Waals surface area contributed by atoms with Crippen LogP contribution in [0.15, 0.2) is 79.1 Å². The molecule has 4 rings (SSSR count). The summed E-state index contributed by atoms with van der Waals surface area (Å²) in [6.45, 7) is 2.40. The van der Waals surface area contributed by atoms with E-state index in [9.17, 15) is 10.1 Å². The third-order valence-electron chi connectivity index (χ3n) is 4.53. The predicted molar refractivity (Wildman–Crippen MR) is 112 cm³/mol. The van der Waals surface area contributed by atoms with Crippen LogP contribution < -0.4 is 9.64 Å². The molecule has 0 atom stereocenters. The van der Waals surface area contributed by atoms with Crippen molar-refractivity contribution in [2.24, 2.45) is 0 Å². The van der Waals surface area contributed by atoms with Gasteiger partial charge in [0.2, 0.25) is 5.82 Å². The maximum Gasteiger partial charge on any atom is 0.373 e. The fourth-order valence-corrected chi connectivity index (χ4v) is 3.19. The first-order chi connectivity index (χ1) is 14.2. The van der Waals surface area contributed by atoms with Gasteiger partial charge in [-0.2, -0.15) is 4.98 Å². The fourth-order valence-electron chi connectivity index (χ4n) is 3.19. The van der Waals surface area contributed by atoms with E-state index in [1.54, 1.807) is 11.0 Å². The molecule has 1 heterocycles. The van der Waals surface area contributed by atoms with Crippen LogP contribution in [0.3, 0.4) is 0 Å². The van der Waals surface area contributed by atoms with Gasteiger partial charge < -0.3 is 9.64 Å². The van der Waals surface area contributed by atoms with Crippen molar-refractivity contribution in [1.29, 1.82) is 0 Å². The van der Waals surface area contributed by atoms with Crippen LogP contribution in [0.2, 0.25) is 0 Å². The van der Waals surface area contributed by atoms with Gasteiger partial charge in [0.1, 0.15) is 12.1 Å². The van der Waals surface area contributed by atoms with Crippen LogP contribution in [0.5, 0.6) is 11.6 Å². The number of nitrogens with zero attached hydrogens (tertiary/aromatic N) is 4. The Morgan fingerprint density at radius 1 is 0.966 bits per heavy atom. The minimum absolute atomic E-state index is 0.0929. The van der Waals surface area contributed by atoms with E-state index in [4.69, 9.17) is 4.74 Å². The van der Waals surface area contributed by atoms with Gasteiger partial charge in [0, 0.05) is 12.2 Å². The van der Waals surface area contributed by atoms with Crippen molar-refractivity contribution in [1.82, 2.24) is 9.97 Å². The molecule has 0 saturated carbocycles. The largest absolute Gasteiger partial charge is 0.434 e. The van der Waals surface area contributed by atoms with Gasteiger partial charge in [0.25, 0.3) is 0 Å². The highest BCUT2D eigenvalue weighted by Crippen LogP contribution is 2.39. The van der Waals surface area contributed by atoms with Crippen LogP contribution >= 0.6 is 0 Å². The first-order valence-corrected chi connectivity index (χ1v) is 9.16. The number of para-hydroxylation sites is 1. The molecule has 0 spiro atoms. The molecule has 0 radical (unpaired) electrons. The zero-order chi connectivity index (χ0) is 20.2. The average molecular weight is 386 g/mol. The normalized spacial score (nSPS) is 10.7. The van der Waals surface area contributed by atoms with Crippen LogP contribution in [-0.2, 0) is 0 Å². The zero-order valence-electron chi connectivity index (χ0n) is 15.7. The molecule has 0 aliphatic heterocycles. The molecule has 0 fully saturated rings. The summed E-state index contributed by atoms with van der Waals surface area (Å²) >= 11 is 0. The summed E-state index contributed by atoms with van der Waals surface area (Å²) < 4.78 is 5.83. The van der Waals surface area contributed by atoms with Gasteiger partial charge in [-0.3, -0.25) is 10.1 Å². The summed E-state index contributed by atoms with van der Waals surface area (Å²) in [4.78, 5) is 21.4. The third-order valence-corrected chi connectivity index (χ3v) is 4.53. The fraction of sp³-hybridized carbons (Fsp3) is 0.0909. The van der Waals surface area contributed by atoms with Crippen molar-refractivity contribution in [2.75, 3.05) is 11.4 Å². The van der Waals surface area contributed by atoms with Crippen molar-refractivity contribution in [3.63, 3.8) is 0 Å². The molecule has 0 N–H and O–H groups in total. The van der Waals surface area contributed by atoms with E-state index in [2.05, 4.69) is 9.97 Å². The number of ether oxygens (including phenoxy) is 1. The Balaban J connectivity index is 1.77. The maximum absolute atomic E-state index is 11.9. The minimum atomic E-state index is -0.503. The molecule has 144 valence electrons. The highest BCUT2D eigenvalue weighted by Gasteiger charge is 2.29. The predicted octanol–water partition coefficient (Wildman–Crippen LogP) is 5.49. The van der Waals surface area contributed by atoms with Crippen LogP contribution in [-0.4, -0.2) is 21.4 Å². The number of anilines is 2. The number of rotatable bonds is 6. The molecule has 0 bridgehead atoms. The Bertz CT molecular complexity index is 1170. The number of hydrogen-bond donors (Lipinski definition) is 0. The van der Waals surface area contributed by atoms with Gasteiger partial charge in [0.05, 0.1) is 4.92 Å². The monoisotopic (exact) mass is 386 g/mol. The van der Waals surface area contributed by atoms with E-state index in [1.165, 1.54) is 6.33 Å². The first kappa shape index (κ1) is 18.4. The Morgan fingerprint density at radius 3 is 2.41 bits per heavy atom. The van der Waals surface area contributed by atoms with Crippen molar-refractivity contribution < 1.29 is 9.66 Å². The first-order valence-electron chi connectivity index (χ1n) is 9.16. The molecule has 0 unspecified atom stereocenters. The Morgan fingerprint density at radius 2 is 1.69 bits per heavy atom. The number of aromatic nitrogens is 2. The molecule has 0 saturated heterocycles. The van der Waals surface area contributed by atoms with Crippen LogP contribution in [0.25, 0.3) is 10.8 Å². The molecule has 7 nitrogen and oxygen atoms in total. The lowest BCUT2D eigenvalue weighted by molar-refractivity contribution is -0.385. The van der Waals surface area contributed by atoms with Gasteiger partial charge in [0.15, 0.2) is 0 Å². The van der Waals surface area contributed by atoms with Gasteiger partial charge in [-0.1, -0.05) is 48.5 Å². The van der Waals surface area contributed by atoms with Gasteiger partial charge in [-0.25, -0.2) is 4.98 Å². The van der Waals surface area contributed by atoms with Crippen molar-refractivity contribution in [3.05, 3.63) is 89.2 Å². The third kappa shape index (κ3) is 3.70. The van der Waals surface area contributed by atoms with E-state index < -0.39 is 4.92 Å². The lowest BCUT2D eigenvalue weighted by Crippen LogP contribution is -2.19. The molecular weight excluding hydrogens is 368 g/mol. The molecule has 3 aromatic carbocycles. The maximum atomic E-state index is 11.9. The van der Waals surface area contributed by atoms with E-state index >= 15 is 0 Å². The highest BCUT2D eigenvalue weighted by molar-refractivity contribution is 5.84. The Kier molecular flexibility index (Phi) is 5.03. The van der Waals surface area contributed by atoms with Crippen molar-refractivity contribution >= 4 is 28.0 Å².